The third-order valence-electron chi connectivity index (χ3n) is 6.21. The van der Waals surface area contributed by atoms with Crippen LogP contribution in [0.2, 0.25) is 0 Å². The Bertz CT molecular complexity index is 559. The number of aliphatic hydroxyl groups is 1. The van der Waals surface area contributed by atoms with Crippen molar-refractivity contribution in [2.75, 3.05) is 6.61 Å². The molecule has 0 saturated heterocycles. The fraction of sp³-hybridized carbons (Fsp3) is 0.727. The number of benzene rings is 1. The van der Waals surface area contributed by atoms with Gasteiger partial charge in [-0.1, -0.05) is 57.2 Å². The van der Waals surface area contributed by atoms with Crippen molar-refractivity contribution in [2.24, 2.45) is 5.73 Å². The topological polar surface area (TPSA) is 55.5 Å². The fourth-order valence-corrected chi connectivity index (χ4v) is 4.49. The van der Waals surface area contributed by atoms with Crippen LogP contribution in [0.5, 0.6) is 0 Å². The number of ether oxygens (including phenoxy) is 1. The minimum absolute atomic E-state index is 0.0947. The Morgan fingerprint density at radius 3 is 2.80 bits per heavy atom. The molecule has 1 saturated carbocycles. The molecule has 1 aliphatic heterocycles. The van der Waals surface area contributed by atoms with E-state index in [2.05, 4.69) is 25.1 Å². The lowest BCUT2D eigenvalue weighted by Crippen LogP contribution is -2.40. The maximum Gasteiger partial charge on any atom is 0.0723 e. The summed E-state index contributed by atoms with van der Waals surface area (Å²) < 4.78 is 6.13. The molecule has 1 aliphatic carbocycles. The van der Waals surface area contributed by atoms with E-state index < -0.39 is 0 Å². The highest BCUT2D eigenvalue weighted by molar-refractivity contribution is 5.36. The van der Waals surface area contributed by atoms with Crippen molar-refractivity contribution in [3.63, 3.8) is 0 Å². The van der Waals surface area contributed by atoms with Gasteiger partial charge in [0.15, 0.2) is 0 Å². The van der Waals surface area contributed by atoms with Crippen molar-refractivity contribution in [3.05, 3.63) is 34.9 Å². The predicted molar refractivity (Wildman–Crippen MR) is 103 cm³/mol. The first-order valence-corrected chi connectivity index (χ1v) is 10.3. The van der Waals surface area contributed by atoms with Crippen molar-refractivity contribution in [1.29, 1.82) is 0 Å². The quantitative estimate of drug-likeness (QED) is 0.685. The molecular weight excluding hydrogens is 310 g/mol. The zero-order valence-electron chi connectivity index (χ0n) is 15.8. The Morgan fingerprint density at radius 2 is 2.04 bits per heavy atom. The van der Waals surface area contributed by atoms with Crippen LogP contribution in [-0.2, 0) is 17.8 Å². The smallest absolute Gasteiger partial charge is 0.0723 e. The summed E-state index contributed by atoms with van der Waals surface area (Å²) in [5, 5.41) is 9.48. The average molecular weight is 346 g/mol. The van der Waals surface area contributed by atoms with E-state index in [-0.39, 0.29) is 12.1 Å². The molecule has 1 aromatic rings. The zero-order valence-corrected chi connectivity index (χ0v) is 15.8. The first kappa shape index (κ1) is 18.9. The van der Waals surface area contributed by atoms with Crippen LogP contribution < -0.4 is 5.73 Å². The minimum Gasteiger partial charge on any atom is -0.394 e. The van der Waals surface area contributed by atoms with E-state index in [4.69, 9.17) is 10.5 Å². The summed E-state index contributed by atoms with van der Waals surface area (Å²) in [5.74, 6) is 0.485. The van der Waals surface area contributed by atoms with Crippen LogP contribution in [0, 0.1) is 0 Å². The van der Waals surface area contributed by atoms with E-state index in [1.807, 2.05) is 0 Å². The molecule has 0 aromatic heterocycles. The maximum absolute atomic E-state index is 9.48. The van der Waals surface area contributed by atoms with Gasteiger partial charge in [-0.15, -0.1) is 0 Å². The molecule has 3 atom stereocenters. The number of hydrogen-bond acceptors (Lipinski definition) is 3. The first-order chi connectivity index (χ1) is 12.1. The van der Waals surface area contributed by atoms with Crippen LogP contribution in [-0.4, -0.2) is 23.4 Å². The molecule has 25 heavy (non-hydrogen) atoms. The molecule has 0 spiro atoms. The number of rotatable bonds is 8. The van der Waals surface area contributed by atoms with E-state index in [9.17, 15) is 5.11 Å². The molecule has 0 unspecified atom stereocenters. The van der Waals surface area contributed by atoms with Gasteiger partial charge < -0.3 is 15.6 Å². The SMILES string of the molecule is CCCCCCC[C@H]1Cc2ccc([C@H]3CC[C@](N)(CO)C3)cc2CO1. The van der Waals surface area contributed by atoms with Crippen molar-refractivity contribution in [3.8, 4) is 0 Å². The predicted octanol–water partition coefficient (Wildman–Crippen LogP) is 4.45. The average Bonchev–Trinajstić information content (AvgIpc) is 3.04. The lowest BCUT2D eigenvalue weighted by atomic mass is 9.89. The van der Waals surface area contributed by atoms with Crippen LogP contribution >= 0.6 is 0 Å². The van der Waals surface area contributed by atoms with Crippen LogP contribution in [0.25, 0.3) is 0 Å². The van der Waals surface area contributed by atoms with Crippen molar-refractivity contribution >= 4 is 0 Å². The Morgan fingerprint density at radius 1 is 1.20 bits per heavy atom. The van der Waals surface area contributed by atoms with Crippen LogP contribution in [0.4, 0.5) is 0 Å². The highest BCUT2D eigenvalue weighted by Gasteiger charge is 2.36. The Balaban J connectivity index is 1.53. The molecule has 1 fully saturated rings. The summed E-state index contributed by atoms with van der Waals surface area (Å²) in [6, 6.07) is 6.93. The minimum atomic E-state index is -0.375. The molecule has 3 heteroatoms. The Labute approximate surface area is 153 Å². The summed E-state index contributed by atoms with van der Waals surface area (Å²) >= 11 is 0. The van der Waals surface area contributed by atoms with Gasteiger partial charge in [-0.25, -0.2) is 0 Å². The fourth-order valence-electron chi connectivity index (χ4n) is 4.49. The normalized spacial score (nSPS) is 28.9. The molecule has 1 heterocycles. The number of nitrogens with two attached hydrogens (primary N) is 1. The van der Waals surface area contributed by atoms with E-state index in [1.54, 1.807) is 0 Å². The molecule has 0 bridgehead atoms. The monoisotopic (exact) mass is 345 g/mol. The van der Waals surface area contributed by atoms with E-state index >= 15 is 0 Å². The third kappa shape index (κ3) is 4.84. The second-order valence-electron chi connectivity index (χ2n) is 8.33. The molecule has 0 radical (unpaired) electrons. The summed E-state index contributed by atoms with van der Waals surface area (Å²) in [4.78, 5) is 0. The van der Waals surface area contributed by atoms with Gasteiger partial charge in [-0.3, -0.25) is 0 Å². The van der Waals surface area contributed by atoms with Gasteiger partial charge in [-0.2, -0.15) is 0 Å². The van der Waals surface area contributed by atoms with Gasteiger partial charge in [-0.05, 0) is 54.7 Å². The second-order valence-corrected chi connectivity index (χ2v) is 8.33. The van der Waals surface area contributed by atoms with E-state index in [0.717, 1.165) is 32.3 Å². The molecule has 140 valence electrons. The lowest BCUT2D eigenvalue weighted by Gasteiger charge is -2.27. The van der Waals surface area contributed by atoms with Gasteiger partial charge in [0.2, 0.25) is 0 Å². The second kappa shape index (κ2) is 8.66. The molecule has 3 N–H and O–H groups in total. The standard InChI is InChI=1S/C22H35NO2/c1-2-3-4-5-6-7-21-13-18-9-8-17(12-20(18)15-25-21)19-10-11-22(23,14-19)16-24/h8-9,12,19,21,24H,2-7,10-11,13-16,23H2,1H3/t19-,21-,22+/m0/s1. The molecule has 2 aliphatic rings. The molecular formula is C22H35NO2. The van der Waals surface area contributed by atoms with Crippen LogP contribution in [0.15, 0.2) is 18.2 Å². The van der Waals surface area contributed by atoms with Gasteiger partial charge in [0.25, 0.3) is 0 Å². The van der Waals surface area contributed by atoms with Gasteiger partial charge in [0.05, 0.1) is 19.3 Å². The molecule has 3 rings (SSSR count). The number of fused-ring (bicyclic) bond motifs is 1. The van der Waals surface area contributed by atoms with E-state index in [1.165, 1.54) is 55.2 Å². The van der Waals surface area contributed by atoms with Crippen molar-refractivity contribution in [2.45, 2.75) is 95.3 Å². The van der Waals surface area contributed by atoms with Crippen LogP contribution in [0.1, 0.15) is 87.3 Å². The summed E-state index contributed by atoms with van der Waals surface area (Å²) in [6.45, 7) is 3.11. The van der Waals surface area contributed by atoms with Gasteiger partial charge in [0, 0.05) is 5.54 Å². The number of aliphatic hydroxyl groups excluding tert-OH is 1. The zero-order chi connectivity index (χ0) is 17.7. The van der Waals surface area contributed by atoms with E-state index in [0.29, 0.717) is 12.0 Å². The maximum atomic E-state index is 9.48. The molecule has 0 amide bonds. The lowest BCUT2D eigenvalue weighted by molar-refractivity contribution is 0.0216. The Kier molecular flexibility index (Phi) is 6.54. The highest BCUT2D eigenvalue weighted by atomic mass is 16.5. The largest absolute Gasteiger partial charge is 0.394 e. The summed E-state index contributed by atoms with van der Waals surface area (Å²) in [5.41, 5.74) is 10.1. The van der Waals surface area contributed by atoms with Gasteiger partial charge >= 0.3 is 0 Å². The van der Waals surface area contributed by atoms with Gasteiger partial charge in [0.1, 0.15) is 0 Å². The number of hydrogen-bond donors (Lipinski definition) is 2. The van der Waals surface area contributed by atoms with Crippen LogP contribution in [0.3, 0.4) is 0 Å². The third-order valence-corrected chi connectivity index (χ3v) is 6.21. The van der Waals surface area contributed by atoms with Crippen molar-refractivity contribution < 1.29 is 9.84 Å². The molecule has 3 nitrogen and oxygen atoms in total. The number of unbranched alkanes of at least 4 members (excludes halogenated alkanes) is 4. The Hall–Kier alpha value is -0.900. The first-order valence-electron chi connectivity index (χ1n) is 10.3. The summed E-state index contributed by atoms with van der Waals surface area (Å²) in [6.07, 6.45) is 12.2. The highest BCUT2D eigenvalue weighted by Crippen LogP contribution is 2.40. The molecule has 1 aromatic carbocycles. The summed E-state index contributed by atoms with van der Waals surface area (Å²) in [7, 11) is 0. The van der Waals surface area contributed by atoms with Crippen molar-refractivity contribution in [1.82, 2.24) is 0 Å².